The van der Waals surface area contributed by atoms with Gasteiger partial charge in [-0.15, -0.1) is 0 Å². The highest BCUT2D eigenvalue weighted by Crippen LogP contribution is 2.29. The zero-order valence-corrected chi connectivity index (χ0v) is 14.6. The van der Waals surface area contributed by atoms with Crippen LogP contribution in [0.3, 0.4) is 0 Å². The molecule has 9 heteroatoms. The van der Waals surface area contributed by atoms with Crippen LogP contribution in [-0.4, -0.2) is 41.5 Å². The van der Waals surface area contributed by atoms with Crippen molar-refractivity contribution < 1.29 is 28.4 Å². The van der Waals surface area contributed by atoms with Gasteiger partial charge in [0.15, 0.2) is 6.61 Å². The Balaban J connectivity index is 1.58. The molecular weight excluding hydrogens is 356 g/mol. The third-order valence-corrected chi connectivity index (χ3v) is 4.12. The molecule has 1 aromatic carbocycles. The Morgan fingerprint density at radius 1 is 1.22 bits per heavy atom. The van der Waals surface area contributed by atoms with Crippen LogP contribution in [0.25, 0.3) is 0 Å². The molecule has 2 aromatic rings. The number of carbonyl (C=O) groups is 2. The Kier molecular flexibility index (Phi) is 5.39. The molecule has 1 aromatic heterocycles. The number of benzene rings is 1. The molecule has 3 rings (SSSR count). The number of methoxy groups -OCH3 is 1. The van der Waals surface area contributed by atoms with Crippen LogP contribution >= 0.6 is 0 Å². The lowest BCUT2D eigenvalue weighted by Crippen LogP contribution is -2.36. The van der Waals surface area contributed by atoms with E-state index >= 15 is 0 Å². The maximum Gasteiger partial charge on any atom is 0.433 e. The van der Waals surface area contributed by atoms with E-state index in [2.05, 4.69) is 0 Å². The predicted octanol–water partition coefficient (Wildman–Crippen LogP) is 2.54. The van der Waals surface area contributed by atoms with E-state index in [9.17, 15) is 19.7 Å². The molecule has 0 bridgehead atoms. The van der Waals surface area contributed by atoms with Crippen LogP contribution in [0, 0.1) is 10.1 Å². The van der Waals surface area contributed by atoms with Crippen LogP contribution < -0.4 is 4.74 Å². The highest BCUT2D eigenvalue weighted by Gasteiger charge is 2.33. The highest BCUT2D eigenvalue weighted by molar-refractivity contribution is 5.89. The summed E-state index contributed by atoms with van der Waals surface area (Å²) < 4.78 is 14.8. The van der Waals surface area contributed by atoms with Gasteiger partial charge in [0.1, 0.15) is 10.7 Å². The number of esters is 1. The Morgan fingerprint density at radius 3 is 2.48 bits per heavy atom. The first-order valence-electron chi connectivity index (χ1n) is 8.31. The van der Waals surface area contributed by atoms with E-state index in [-0.39, 0.29) is 17.7 Å². The molecule has 0 unspecified atom stereocenters. The zero-order chi connectivity index (χ0) is 19.4. The van der Waals surface area contributed by atoms with E-state index in [0.29, 0.717) is 6.54 Å². The van der Waals surface area contributed by atoms with Crippen molar-refractivity contribution in [2.45, 2.75) is 25.4 Å². The molecule has 0 spiro atoms. The van der Waals surface area contributed by atoms with Crippen molar-refractivity contribution in [3.63, 3.8) is 0 Å². The predicted molar refractivity (Wildman–Crippen MR) is 92.2 cm³/mol. The van der Waals surface area contributed by atoms with Crippen LogP contribution in [0.5, 0.6) is 5.75 Å². The molecule has 0 radical (unpaired) electrons. The number of nitro groups is 1. The Bertz CT molecular complexity index is 840. The van der Waals surface area contributed by atoms with Gasteiger partial charge in [-0.05, 0) is 36.6 Å². The van der Waals surface area contributed by atoms with Crippen molar-refractivity contribution in [3.05, 3.63) is 57.8 Å². The molecular formula is C18H18N2O7. The summed E-state index contributed by atoms with van der Waals surface area (Å²) in [4.78, 5) is 35.9. The monoisotopic (exact) mass is 374 g/mol. The molecule has 0 atom stereocenters. The molecule has 1 saturated carbocycles. The van der Waals surface area contributed by atoms with Gasteiger partial charge in [0.25, 0.3) is 5.91 Å². The van der Waals surface area contributed by atoms with Crippen LogP contribution in [-0.2, 0) is 16.1 Å². The first-order valence-corrected chi connectivity index (χ1v) is 8.31. The lowest BCUT2D eigenvalue weighted by molar-refractivity contribution is -0.402. The van der Waals surface area contributed by atoms with Crippen molar-refractivity contribution in [1.82, 2.24) is 4.90 Å². The van der Waals surface area contributed by atoms with Crippen molar-refractivity contribution >= 4 is 17.8 Å². The average molecular weight is 374 g/mol. The molecule has 9 nitrogen and oxygen atoms in total. The molecule has 27 heavy (non-hydrogen) atoms. The summed E-state index contributed by atoms with van der Waals surface area (Å²) in [6, 6.07) is 9.69. The average Bonchev–Trinajstić information content (AvgIpc) is 3.38. The van der Waals surface area contributed by atoms with Gasteiger partial charge in [-0.2, -0.15) is 0 Å². The Morgan fingerprint density at radius 2 is 1.93 bits per heavy atom. The number of hydrogen-bond donors (Lipinski definition) is 0. The normalized spacial score (nSPS) is 13.1. The minimum Gasteiger partial charge on any atom is -0.497 e. The summed E-state index contributed by atoms with van der Waals surface area (Å²) in [7, 11) is 1.58. The van der Waals surface area contributed by atoms with E-state index in [4.69, 9.17) is 13.9 Å². The standard InChI is InChI=1S/C18H18N2O7/c1-25-14-6-2-12(3-7-14)10-19(13-4-5-13)16(21)11-26-18(22)15-8-9-17(27-15)20(23)24/h2-3,6-9,13H,4-5,10-11H2,1H3. The number of rotatable bonds is 8. The molecule has 0 saturated heterocycles. The fourth-order valence-electron chi connectivity index (χ4n) is 2.55. The third kappa shape index (κ3) is 4.63. The van der Waals surface area contributed by atoms with Gasteiger partial charge in [-0.1, -0.05) is 12.1 Å². The maximum absolute atomic E-state index is 12.5. The summed E-state index contributed by atoms with van der Waals surface area (Å²) in [5.74, 6) is -1.40. The lowest BCUT2D eigenvalue weighted by atomic mass is 10.2. The topological polar surface area (TPSA) is 112 Å². The summed E-state index contributed by atoms with van der Waals surface area (Å²) >= 11 is 0. The second-order valence-corrected chi connectivity index (χ2v) is 6.07. The summed E-state index contributed by atoms with van der Waals surface area (Å²) in [5, 5.41) is 10.6. The molecule has 1 aliphatic carbocycles. The Labute approximate surface area is 154 Å². The number of furan rings is 1. The third-order valence-electron chi connectivity index (χ3n) is 4.12. The van der Waals surface area contributed by atoms with Gasteiger partial charge in [0, 0.05) is 12.6 Å². The van der Waals surface area contributed by atoms with Crippen molar-refractivity contribution in [3.8, 4) is 5.75 Å². The largest absolute Gasteiger partial charge is 0.497 e. The van der Waals surface area contributed by atoms with E-state index in [1.807, 2.05) is 24.3 Å². The summed E-state index contributed by atoms with van der Waals surface area (Å²) in [5.41, 5.74) is 0.934. The molecule has 0 N–H and O–H groups in total. The van der Waals surface area contributed by atoms with Crippen LogP contribution in [0.4, 0.5) is 5.88 Å². The molecule has 1 amide bonds. The minimum atomic E-state index is -0.920. The highest BCUT2D eigenvalue weighted by atomic mass is 16.7. The molecule has 1 heterocycles. The molecule has 142 valence electrons. The molecule has 1 aliphatic rings. The first kappa shape index (κ1) is 18.4. The summed E-state index contributed by atoms with van der Waals surface area (Å²) in [6.45, 7) is -0.0583. The van der Waals surface area contributed by atoms with Gasteiger partial charge in [0.05, 0.1) is 13.2 Å². The van der Waals surface area contributed by atoms with Gasteiger partial charge < -0.3 is 18.8 Å². The van der Waals surface area contributed by atoms with Gasteiger partial charge >= 0.3 is 11.9 Å². The van der Waals surface area contributed by atoms with Gasteiger partial charge in [-0.25, -0.2) is 4.79 Å². The second-order valence-electron chi connectivity index (χ2n) is 6.07. The van der Waals surface area contributed by atoms with Crippen LogP contribution in [0.15, 0.2) is 40.8 Å². The van der Waals surface area contributed by atoms with Crippen LogP contribution in [0.2, 0.25) is 0 Å². The fourth-order valence-corrected chi connectivity index (χ4v) is 2.55. The number of amides is 1. The fraction of sp³-hybridized carbons (Fsp3) is 0.333. The number of hydrogen-bond acceptors (Lipinski definition) is 7. The number of nitrogens with zero attached hydrogens (tertiary/aromatic N) is 2. The van der Waals surface area contributed by atoms with Gasteiger partial charge in [-0.3, -0.25) is 14.9 Å². The molecule has 1 fully saturated rings. The van der Waals surface area contributed by atoms with E-state index in [0.717, 1.165) is 36.3 Å². The van der Waals surface area contributed by atoms with Crippen molar-refractivity contribution in [2.24, 2.45) is 0 Å². The maximum atomic E-state index is 12.5. The van der Waals surface area contributed by atoms with E-state index in [1.165, 1.54) is 0 Å². The smallest absolute Gasteiger partial charge is 0.433 e. The van der Waals surface area contributed by atoms with E-state index in [1.54, 1.807) is 12.0 Å². The second kappa shape index (κ2) is 7.90. The van der Waals surface area contributed by atoms with Crippen molar-refractivity contribution in [1.29, 1.82) is 0 Å². The molecule has 0 aliphatic heterocycles. The summed E-state index contributed by atoms with van der Waals surface area (Å²) in [6.07, 6.45) is 1.81. The minimum absolute atomic E-state index is 0.128. The quantitative estimate of drug-likeness (QED) is 0.396. The number of carbonyl (C=O) groups excluding carboxylic acids is 2. The zero-order valence-electron chi connectivity index (χ0n) is 14.6. The van der Waals surface area contributed by atoms with Gasteiger partial charge in [0.2, 0.25) is 5.76 Å². The Hall–Kier alpha value is -3.36. The van der Waals surface area contributed by atoms with Crippen LogP contribution in [0.1, 0.15) is 29.0 Å². The van der Waals surface area contributed by atoms with Crippen molar-refractivity contribution in [2.75, 3.05) is 13.7 Å². The number of ether oxygens (including phenoxy) is 2. The SMILES string of the molecule is COc1ccc(CN(C(=O)COC(=O)c2ccc([N+](=O)[O-])o2)C2CC2)cc1. The lowest BCUT2D eigenvalue weighted by Gasteiger charge is -2.22. The first-order chi connectivity index (χ1) is 13.0. The van der Waals surface area contributed by atoms with E-state index < -0.39 is 23.4 Å².